The second kappa shape index (κ2) is 10.0. The van der Waals surface area contributed by atoms with Crippen LogP contribution in [0.4, 0.5) is 23.4 Å². The van der Waals surface area contributed by atoms with E-state index in [1.165, 1.54) is 24.8 Å². The SMILES string of the molecule is Cc1nc2c(C#N)c(C(F)(F)F)c(C(C)Nc3ncc(C(=O)N4C[C@@H](C)O[C@@H](C)C4)cc3F)cc2c(=O)[nH]1. The number of halogens is 4. The van der Waals surface area contributed by atoms with Crippen molar-refractivity contribution >= 4 is 22.6 Å². The first-order valence-electron chi connectivity index (χ1n) is 11.7. The lowest BCUT2D eigenvalue weighted by molar-refractivity contribution is -0.138. The molecule has 1 unspecified atom stereocenters. The van der Waals surface area contributed by atoms with Crippen LogP contribution in [0.5, 0.6) is 0 Å². The summed E-state index contributed by atoms with van der Waals surface area (Å²) in [5.74, 6) is -1.76. The lowest BCUT2D eigenvalue weighted by Gasteiger charge is -2.35. The Morgan fingerprint density at radius 2 is 1.95 bits per heavy atom. The number of H-pyrrole nitrogens is 1. The number of nitrogens with zero attached hydrogens (tertiary/aromatic N) is 4. The first kappa shape index (κ1) is 27.0. The monoisotopic (exact) mass is 532 g/mol. The van der Waals surface area contributed by atoms with Crippen LogP contribution in [-0.2, 0) is 10.9 Å². The molecule has 2 N–H and O–H groups in total. The highest BCUT2D eigenvalue weighted by atomic mass is 19.4. The molecule has 0 saturated carbocycles. The van der Waals surface area contributed by atoms with E-state index in [4.69, 9.17) is 4.74 Å². The number of anilines is 1. The molecule has 2 aromatic heterocycles. The summed E-state index contributed by atoms with van der Waals surface area (Å²) in [7, 11) is 0. The van der Waals surface area contributed by atoms with E-state index < -0.39 is 52.0 Å². The van der Waals surface area contributed by atoms with Crippen molar-refractivity contribution < 1.29 is 27.1 Å². The number of alkyl halides is 3. The number of hydrogen-bond acceptors (Lipinski definition) is 7. The Morgan fingerprint density at radius 3 is 2.53 bits per heavy atom. The van der Waals surface area contributed by atoms with Gasteiger partial charge >= 0.3 is 6.18 Å². The highest BCUT2D eigenvalue weighted by molar-refractivity contribution is 5.94. The minimum Gasteiger partial charge on any atom is -0.372 e. The van der Waals surface area contributed by atoms with Gasteiger partial charge in [-0.15, -0.1) is 0 Å². The standard InChI is InChI=1S/C25H24F4N6O3/c1-11-9-35(10-12(2)38-11)24(37)15-5-19(26)22(31-8-15)32-13(3)16-6-17-21(33-14(4)34-23(17)36)18(7-30)20(16)25(27,28)29/h5-6,8,11-13H,9-10H2,1-4H3,(H,31,32)(H,33,34,36)/t11-,12+,13?. The molecule has 1 aliphatic heterocycles. The van der Waals surface area contributed by atoms with Crippen molar-refractivity contribution in [1.29, 1.82) is 5.26 Å². The summed E-state index contributed by atoms with van der Waals surface area (Å²) >= 11 is 0. The van der Waals surface area contributed by atoms with Crippen LogP contribution in [0.25, 0.3) is 10.9 Å². The van der Waals surface area contributed by atoms with Gasteiger partial charge in [0.15, 0.2) is 11.6 Å². The van der Waals surface area contributed by atoms with E-state index in [-0.39, 0.29) is 34.5 Å². The maximum absolute atomic E-state index is 15.0. The Labute approximate surface area is 214 Å². The molecule has 1 aliphatic rings. The number of aryl methyl sites for hydroxylation is 1. The number of ether oxygens (including phenoxy) is 1. The van der Waals surface area contributed by atoms with Crippen molar-refractivity contribution in [2.24, 2.45) is 0 Å². The second-order valence-electron chi connectivity index (χ2n) is 9.26. The predicted octanol–water partition coefficient (Wildman–Crippen LogP) is 4.08. The fraction of sp³-hybridized carbons (Fsp3) is 0.400. The van der Waals surface area contributed by atoms with Crippen LogP contribution >= 0.6 is 0 Å². The summed E-state index contributed by atoms with van der Waals surface area (Å²) in [6, 6.07) is 2.22. The highest BCUT2D eigenvalue weighted by Gasteiger charge is 2.39. The first-order chi connectivity index (χ1) is 17.8. The number of morpholine rings is 1. The smallest absolute Gasteiger partial charge is 0.372 e. The molecule has 3 aromatic rings. The van der Waals surface area contributed by atoms with Crippen molar-refractivity contribution in [3.8, 4) is 6.07 Å². The maximum atomic E-state index is 15.0. The summed E-state index contributed by atoms with van der Waals surface area (Å²) in [5.41, 5.74) is -3.68. The Kier molecular flexibility index (Phi) is 7.12. The average Bonchev–Trinajstić information content (AvgIpc) is 2.82. The summed E-state index contributed by atoms with van der Waals surface area (Å²) < 4.78 is 63.0. The van der Waals surface area contributed by atoms with E-state index in [2.05, 4.69) is 20.3 Å². The van der Waals surface area contributed by atoms with Gasteiger partial charge in [-0.05, 0) is 45.4 Å². The van der Waals surface area contributed by atoms with Crippen LogP contribution in [0.2, 0.25) is 0 Å². The fourth-order valence-electron chi connectivity index (χ4n) is 4.64. The number of aromatic amines is 1. The molecule has 1 amide bonds. The van der Waals surface area contributed by atoms with Crippen molar-refractivity contribution in [2.45, 2.75) is 52.1 Å². The van der Waals surface area contributed by atoms with E-state index in [1.54, 1.807) is 0 Å². The normalized spacial score (nSPS) is 18.8. The summed E-state index contributed by atoms with van der Waals surface area (Å²) in [6.45, 7) is 6.96. The van der Waals surface area contributed by atoms with Crippen LogP contribution in [-0.4, -0.2) is 51.1 Å². The van der Waals surface area contributed by atoms with Crippen LogP contribution in [0.1, 0.15) is 59.7 Å². The second-order valence-corrected chi connectivity index (χ2v) is 9.26. The van der Waals surface area contributed by atoms with Gasteiger partial charge in [0.05, 0.1) is 45.8 Å². The van der Waals surface area contributed by atoms with Crippen LogP contribution in [0.15, 0.2) is 23.1 Å². The van der Waals surface area contributed by atoms with Gasteiger partial charge in [-0.1, -0.05) is 0 Å². The summed E-state index contributed by atoms with van der Waals surface area (Å²) in [6.07, 6.45) is -4.24. The molecule has 38 heavy (non-hydrogen) atoms. The third kappa shape index (κ3) is 5.17. The molecule has 1 fully saturated rings. The fourth-order valence-corrected chi connectivity index (χ4v) is 4.64. The van der Waals surface area contributed by atoms with Crippen molar-refractivity contribution in [3.63, 3.8) is 0 Å². The number of rotatable bonds is 4. The molecule has 3 heterocycles. The minimum atomic E-state index is -4.97. The molecule has 4 rings (SSSR count). The molecular formula is C25H24F4N6O3. The van der Waals surface area contributed by atoms with Gasteiger partial charge in [0.1, 0.15) is 11.9 Å². The third-order valence-electron chi connectivity index (χ3n) is 6.16. The number of nitriles is 1. The quantitative estimate of drug-likeness (QED) is 0.486. The Hall–Kier alpha value is -4.05. The lowest BCUT2D eigenvalue weighted by Crippen LogP contribution is -2.48. The Morgan fingerprint density at radius 1 is 1.29 bits per heavy atom. The number of carbonyl (C=O) groups excluding carboxylic acids is 1. The molecule has 1 aromatic carbocycles. The largest absolute Gasteiger partial charge is 0.418 e. The van der Waals surface area contributed by atoms with Gasteiger partial charge in [0, 0.05) is 19.3 Å². The van der Waals surface area contributed by atoms with Crippen molar-refractivity contribution in [3.05, 3.63) is 62.6 Å². The molecule has 13 heteroatoms. The van der Waals surface area contributed by atoms with Gasteiger partial charge in [-0.2, -0.15) is 18.4 Å². The molecule has 0 spiro atoms. The molecule has 3 atom stereocenters. The van der Waals surface area contributed by atoms with Gasteiger partial charge < -0.3 is 19.9 Å². The van der Waals surface area contributed by atoms with E-state index in [0.29, 0.717) is 13.1 Å². The molecule has 0 bridgehead atoms. The van der Waals surface area contributed by atoms with Crippen LogP contribution < -0.4 is 10.9 Å². The number of aromatic nitrogens is 3. The molecule has 9 nitrogen and oxygen atoms in total. The van der Waals surface area contributed by atoms with E-state index in [1.807, 2.05) is 13.8 Å². The Bertz CT molecular complexity index is 1500. The zero-order valence-corrected chi connectivity index (χ0v) is 20.9. The van der Waals surface area contributed by atoms with Gasteiger partial charge in [-0.25, -0.2) is 14.4 Å². The number of benzene rings is 1. The number of amides is 1. The molecule has 200 valence electrons. The number of fused-ring (bicyclic) bond motifs is 1. The van der Waals surface area contributed by atoms with Crippen LogP contribution in [0.3, 0.4) is 0 Å². The summed E-state index contributed by atoms with van der Waals surface area (Å²) in [4.78, 5) is 37.1. The topological polar surface area (TPSA) is 124 Å². The number of pyridine rings is 1. The van der Waals surface area contributed by atoms with E-state index >= 15 is 0 Å². The van der Waals surface area contributed by atoms with Gasteiger partial charge in [0.2, 0.25) is 0 Å². The molecule has 0 radical (unpaired) electrons. The number of nitrogens with one attached hydrogen (secondary N) is 2. The average molecular weight is 532 g/mol. The minimum absolute atomic E-state index is 0.0246. The van der Waals surface area contributed by atoms with Crippen molar-refractivity contribution in [2.75, 3.05) is 18.4 Å². The zero-order valence-electron chi connectivity index (χ0n) is 20.9. The Balaban J connectivity index is 1.70. The molecule has 1 saturated heterocycles. The highest BCUT2D eigenvalue weighted by Crippen LogP contribution is 2.40. The van der Waals surface area contributed by atoms with Gasteiger partial charge in [-0.3, -0.25) is 9.59 Å². The zero-order chi connectivity index (χ0) is 27.9. The van der Waals surface area contributed by atoms with Crippen molar-refractivity contribution in [1.82, 2.24) is 19.9 Å². The van der Waals surface area contributed by atoms with Crippen LogP contribution in [0, 0.1) is 24.1 Å². The number of carbonyl (C=O) groups is 1. The maximum Gasteiger partial charge on any atom is 0.418 e. The number of hydrogen-bond donors (Lipinski definition) is 2. The molecule has 0 aliphatic carbocycles. The van der Waals surface area contributed by atoms with E-state index in [9.17, 15) is 32.4 Å². The predicted molar refractivity (Wildman–Crippen MR) is 129 cm³/mol. The molecular weight excluding hydrogens is 508 g/mol. The lowest BCUT2D eigenvalue weighted by atomic mass is 9.93. The van der Waals surface area contributed by atoms with E-state index in [0.717, 1.165) is 18.3 Å². The third-order valence-corrected chi connectivity index (χ3v) is 6.16. The summed E-state index contributed by atoms with van der Waals surface area (Å²) in [5, 5.41) is 11.9. The first-order valence-corrected chi connectivity index (χ1v) is 11.7. The van der Waals surface area contributed by atoms with Gasteiger partial charge in [0.25, 0.3) is 11.5 Å².